The molecule has 1 aliphatic rings. The fourth-order valence-corrected chi connectivity index (χ4v) is 3.82. The van der Waals surface area contributed by atoms with E-state index < -0.39 is 0 Å². The molecule has 8 heteroatoms. The Kier molecular flexibility index (Phi) is 5.06. The van der Waals surface area contributed by atoms with Gasteiger partial charge in [-0.2, -0.15) is 5.10 Å². The van der Waals surface area contributed by atoms with Crippen molar-refractivity contribution in [3.05, 3.63) is 60.7 Å². The topological polar surface area (TPSA) is 75.9 Å². The molecule has 0 radical (unpaired) electrons. The second-order valence-corrected chi connectivity index (χ2v) is 7.36. The van der Waals surface area contributed by atoms with Crippen LogP contribution in [0.5, 0.6) is 0 Å². The van der Waals surface area contributed by atoms with Crippen LogP contribution < -0.4 is 10.2 Å². The van der Waals surface area contributed by atoms with Crippen molar-refractivity contribution in [2.45, 2.75) is 23.2 Å². The summed E-state index contributed by atoms with van der Waals surface area (Å²) in [7, 11) is 1.84. The standard InChI is InChI=1S/C19H20N6OS/c1-24-12-15(9-21-24)25-8-7-16(19(25)26)22-17-10-20-11-18(23-17)27-13-14-5-3-2-4-6-14/h2-6,9-12,16H,7-8,13H2,1H3,(H,22,23). The summed E-state index contributed by atoms with van der Waals surface area (Å²) in [5, 5.41) is 8.20. The Morgan fingerprint density at radius 1 is 1.22 bits per heavy atom. The minimum absolute atomic E-state index is 0.0344. The first-order chi connectivity index (χ1) is 13.2. The first-order valence-corrected chi connectivity index (χ1v) is 9.73. The van der Waals surface area contributed by atoms with Gasteiger partial charge in [-0.3, -0.25) is 14.5 Å². The van der Waals surface area contributed by atoms with Crippen LogP contribution in [-0.2, 0) is 17.6 Å². The number of rotatable bonds is 6. The monoisotopic (exact) mass is 380 g/mol. The summed E-state index contributed by atoms with van der Waals surface area (Å²) >= 11 is 1.63. The zero-order chi connectivity index (χ0) is 18.6. The van der Waals surface area contributed by atoms with Crippen LogP contribution in [0, 0.1) is 0 Å². The number of thioether (sulfide) groups is 1. The van der Waals surface area contributed by atoms with Crippen LogP contribution in [0.2, 0.25) is 0 Å². The fourth-order valence-electron chi connectivity index (χ4n) is 3.02. The van der Waals surface area contributed by atoms with Crippen molar-refractivity contribution >= 4 is 29.2 Å². The lowest BCUT2D eigenvalue weighted by atomic mass is 10.2. The van der Waals surface area contributed by atoms with Crippen LogP contribution in [0.1, 0.15) is 12.0 Å². The molecule has 0 bridgehead atoms. The Labute approximate surface area is 161 Å². The normalized spacial score (nSPS) is 16.7. The van der Waals surface area contributed by atoms with Gasteiger partial charge in [0.1, 0.15) is 16.9 Å². The Balaban J connectivity index is 1.39. The van der Waals surface area contributed by atoms with Crippen molar-refractivity contribution in [2.24, 2.45) is 7.05 Å². The van der Waals surface area contributed by atoms with E-state index in [1.807, 2.05) is 31.4 Å². The third-order valence-corrected chi connectivity index (χ3v) is 5.34. The van der Waals surface area contributed by atoms with Crippen molar-refractivity contribution < 1.29 is 4.79 Å². The molecule has 1 saturated heterocycles. The van der Waals surface area contributed by atoms with Crippen molar-refractivity contribution in [1.29, 1.82) is 0 Å². The number of carbonyl (C=O) groups is 1. The van der Waals surface area contributed by atoms with Crippen molar-refractivity contribution in [1.82, 2.24) is 19.7 Å². The Morgan fingerprint density at radius 2 is 2.07 bits per heavy atom. The zero-order valence-electron chi connectivity index (χ0n) is 14.9. The van der Waals surface area contributed by atoms with Gasteiger partial charge in [0.05, 0.1) is 24.3 Å². The van der Waals surface area contributed by atoms with Crippen molar-refractivity contribution in [3.8, 4) is 0 Å². The summed E-state index contributed by atoms with van der Waals surface area (Å²) in [6.07, 6.45) is 7.68. The Hall–Kier alpha value is -2.87. The predicted octanol–water partition coefficient (Wildman–Crippen LogP) is 2.72. The number of aryl methyl sites for hydroxylation is 1. The van der Waals surface area contributed by atoms with Crippen LogP contribution in [-0.4, -0.2) is 38.2 Å². The van der Waals surface area contributed by atoms with Gasteiger partial charge < -0.3 is 10.2 Å². The molecule has 1 atom stereocenters. The molecule has 1 amide bonds. The van der Waals surface area contributed by atoms with Gasteiger partial charge in [-0.25, -0.2) is 4.98 Å². The molecule has 1 N–H and O–H groups in total. The molecule has 1 fully saturated rings. The second-order valence-electron chi connectivity index (χ2n) is 6.36. The number of amides is 1. The largest absolute Gasteiger partial charge is 0.357 e. The van der Waals surface area contributed by atoms with Gasteiger partial charge in [-0.1, -0.05) is 30.3 Å². The molecule has 0 saturated carbocycles. The number of benzene rings is 1. The average Bonchev–Trinajstić information content (AvgIpc) is 3.27. The third kappa shape index (κ3) is 4.11. The van der Waals surface area contributed by atoms with Crippen molar-refractivity contribution in [2.75, 3.05) is 16.8 Å². The van der Waals surface area contributed by atoms with E-state index in [9.17, 15) is 4.79 Å². The lowest BCUT2D eigenvalue weighted by molar-refractivity contribution is -0.117. The van der Waals surface area contributed by atoms with Gasteiger partial charge in [-0.15, -0.1) is 11.8 Å². The molecule has 4 rings (SSSR count). The summed E-state index contributed by atoms with van der Waals surface area (Å²) < 4.78 is 1.70. The maximum atomic E-state index is 12.7. The summed E-state index contributed by atoms with van der Waals surface area (Å²) in [6.45, 7) is 0.665. The number of hydrogen-bond acceptors (Lipinski definition) is 6. The van der Waals surface area contributed by atoms with Crippen LogP contribution >= 0.6 is 11.8 Å². The van der Waals surface area contributed by atoms with E-state index in [1.54, 1.807) is 39.9 Å². The van der Waals surface area contributed by atoms with Gasteiger partial charge in [-0.05, 0) is 12.0 Å². The van der Waals surface area contributed by atoms with Crippen LogP contribution in [0.4, 0.5) is 11.5 Å². The fraction of sp³-hybridized carbons (Fsp3) is 0.263. The highest BCUT2D eigenvalue weighted by Crippen LogP contribution is 2.24. The van der Waals surface area contributed by atoms with E-state index in [4.69, 9.17) is 0 Å². The average molecular weight is 380 g/mol. The number of aromatic nitrogens is 4. The maximum Gasteiger partial charge on any atom is 0.249 e. The lowest BCUT2D eigenvalue weighted by Gasteiger charge is -2.15. The highest BCUT2D eigenvalue weighted by molar-refractivity contribution is 7.98. The number of anilines is 2. The van der Waals surface area contributed by atoms with E-state index in [0.29, 0.717) is 12.4 Å². The van der Waals surface area contributed by atoms with Crippen LogP contribution in [0.15, 0.2) is 60.1 Å². The van der Waals surface area contributed by atoms with Gasteiger partial charge in [0.15, 0.2) is 0 Å². The molecule has 138 valence electrons. The molecular weight excluding hydrogens is 360 g/mol. The predicted molar refractivity (Wildman–Crippen MR) is 106 cm³/mol. The molecule has 3 aromatic rings. The molecule has 27 heavy (non-hydrogen) atoms. The minimum atomic E-state index is -0.297. The summed E-state index contributed by atoms with van der Waals surface area (Å²) in [6, 6.07) is 9.94. The zero-order valence-corrected chi connectivity index (χ0v) is 15.8. The first kappa shape index (κ1) is 17.5. The van der Waals surface area contributed by atoms with Gasteiger partial charge in [0.2, 0.25) is 5.91 Å². The van der Waals surface area contributed by atoms with Gasteiger partial charge >= 0.3 is 0 Å². The molecule has 1 unspecified atom stereocenters. The molecule has 7 nitrogen and oxygen atoms in total. The summed E-state index contributed by atoms with van der Waals surface area (Å²) in [4.78, 5) is 23.3. The smallest absolute Gasteiger partial charge is 0.249 e. The Morgan fingerprint density at radius 3 is 2.85 bits per heavy atom. The molecule has 0 spiro atoms. The molecular formula is C19H20N6OS. The molecule has 0 aliphatic carbocycles. The quantitative estimate of drug-likeness (QED) is 0.663. The molecule has 1 aromatic carbocycles. The van der Waals surface area contributed by atoms with Gasteiger partial charge in [0, 0.05) is 25.5 Å². The highest BCUT2D eigenvalue weighted by atomic mass is 32.2. The van der Waals surface area contributed by atoms with E-state index in [0.717, 1.165) is 22.9 Å². The lowest BCUT2D eigenvalue weighted by Crippen LogP contribution is -2.33. The number of hydrogen-bond donors (Lipinski definition) is 1. The van der Waals surface area contributed by atoms with Crippen LogP contribution in [0.25, 0.3) is 0 Å². The molecule has 3 heterocycles. The SMILES string of the molecule is Cn1cc(N2CCC(Nc3cncc(SCc4ccccc4)n3)C2=O)cn1. The van der Waals surface area contributed by atoms with Gasteiger partial charge in [0.25, 0.3) is 0 Å². The Bertz CT molecular complexity index is 929. The van der Waals surface area contributed by atoms with E-state index >= 15 is 0 Å². The third-order valence-electron chi connectivity index (χ3n) is 4.37. The molecule has 1 aliphatic heterocycles. The number of carbonyl (C=O) groups excluding carboxylic acids is 1. The summed E-state index contributed by atoms with van der Waals surface area (Å²) in [5.41, 5.74) is 2.06. The van der Waals surface area contributed by atoms with E-state index in [1.165, 1.54) is 5.56 Å². The van der Waals surface area contributed by atoms with Crippen LogP contribution in [0.3, 0.4) is 0 Å². The second kappa shape index (κ2) is 7.79. The number of nitrogens with one attached hydrogen (secondary N) is 1. The first-order valence-electron chi connectivity index (χ1n) is 8.74. The van der Waals surface area contributed by atoms with E-state index in [2.05, 4.69) is 32.5 Å². The minimum Gasteiger partial charge on any atom is -0.357 e. The molecule has 2 aromatic heterocycles. The van der Waals surface area contributed by atoms with E-state index in [-0.39, 0.29) is 11.9 Å². The summed E-state index contributed by atoms with van der Waals surface area (Å²) in [5.74, 6) is 1.49. The highest BCUT2D eigenvalue weighted by Gasteiger charge is 2.33. The number of nitrogens with zero attached hydrogens (tertiary/aromatic N) is 5. The van der Waals surface area contributed by atoms with Crippen molar-refractivity contribution in [3.63, 3.8) is 0 Å². The maximum absolute atomic E-state index is 12.7.